The molecule has 0 spiro atoms. The van der Waals surface area contributed by atoms with Gasteiger partial charge in [0.05, 0.1) is 16.6 Å². The van der Waals surface area contributed by atoms with Crippen molar-refractivity contribution in [1.29, 1.82) is 0 Å². The average Bonchev–Trinajstić information content (AvgIpc) is 2.32. The minimum absolute atomic E-state index is 0.159. The molecule has 104 valence electrons. The van der Waals surface area contributed by atoms with Crippen LogP contribution >= 0.6 is 23.2 Å². The molecule has 2 N–H and O–H groups in total. The molecule has 7 heteroatoms. The third kappa shape index (κ3) is 4.61. The van der Waals surface area contributed by atoms with Crippen molar-refractivity contribution in [3.8, 4) is 5.75 Å². The maximum atomic E-state index is 11.9. The van der Waals surface area contributed by atoms with Gasteiger partial charge in [-0.15, -0.1) is 0 Å². The zero-order valence-corrected chi connectivity index (χ0v) is 12.0. The fourth-order valence-corrected chi connectivity index (χ4v) is 1.71. The Bertz CT molecular complexity index is 494. The van der Waals surface area contributed by atoms with E-state index in [2.05, 4.69) is 0 Å². The van der Waals surface area contributed by atoms with E-state index in [0.717, 1.165) is 0 Å². The number of carbonyl (C=O) groups excluding carboxylic acids is 2. The SMILES string of the molecule is C[C@H](Oc1ccc(Cl)c(Cl)c1)C(=O)N(C)CC(N)=O. The van der Waals surface area contributed by atoms with Gasteiger partial charge < -0.3 is 15.4 Å². The van der Waals surface area contributed by atoms with E-state index in [1.54, 1.807) is 19.1 Å². The molecule has 0 heterocycles. The molecular formula is C12H14Cl2N2O3. The standard InChI is InChI=1S/C12H14Cl2N2O3/c1-7(12(18)16(2)6-11(15)17)19-8-3-4-9(13)10(14)5-8/h3-5,7H,6H2,1-2H3,(H2,15,17)/t7-/m0/s1. The van der Waals surface area contributed by atoms with Crippen LogP contribution in [0.3, 0.4) is 0 Å². The van der Waals surface area contributed by atoms with Gasteiger partial charge in [0, 0.05) is 13.1 Å². The highest BCUT2D eigenvalue weighted by Crippen LogP contribution is 2.26. The summed E-state index contributed by atoms with van der Waals surface area (Å²) < 4.78 is 5.43. The number of hydrogen-bond acceptors (Lipinski definition) is 3. The minimum Gasteiger partial charge on any atom is -0.481 e. The molecule has 0 aromatic heterocycles. The number of hydrogen-bond donors (Lipinski definition) is 1. The van der Waals surface area contributed by atoms with Crippen molar-refractivity contribution in [2.45, 2.75) is 13.0 Å². The van der Waals surface area contributed by atoms with Crippen LogP contribution in [-0.4, -0.2) is 36.4 Å². The first-order chi connectivity index (χ1) is 8.81. The van der Waals surface area contributed by atoms with Gasteiger partial charge in [-0.05, 0) is 19.1 Å². The van der Waals surface area contributed by atoms with Crippen LogP contribution in [0, 0.1) is 0 Å². The zero-order valence-electron chi connectivity index (χ0n) is 10.5. The maximum Gasteiger partial charge on any atom is 0.263 e. The van der Waals surface area contributed by atoms with E-state index in [1.807, 2.05) is 0 Å². The van der Waals surface area contributed by atoms with Gasteiger partial charge in [-0.3, -0.25) is 9.59 Å². The molecule has 1 rings (SSSR count). The van der Waals surface area contributed by atoms with Crippen LogP contribution in [0.25, 0.3) is 0 Å². The Morgan fingerprint density at radius 1 is 1.37 bits per heavy atom. The molecule has 1 aromatic carbocycles. The van der Waals surface area contributed by atoms with E-state index in [-0.39, 0.29) is 12.5 Å². The highest BCUT2D eigenvalue weighted by atomic mass is 35.5. The topological polar surface area (TPSA) is 72.6 Å². The van der Waals surface area contributed by atoms with E-state index < -0.39 is 12.0 Å². The molecule has 0 saturated carbocycles. The summed E-state index contributed by atoms with van der Waals surface area (Å²) in [6, 6.07) is 4.69. The van der Waals surface area contributed by atoms with Crippen LogP contribution in [0.5, 0.6) is 5.75 Å². The summed E-state index contributed by atoms with van der Waals surface area (Å²) in [4.78, 5) is 23.8. The minimum atomic E-state index is -0.762. The van der Waals surface area contributed by atoms with E-state index in [9.17, 15) is 9.59 Å². The molecule has 2 amide bonds. The van der Waals surface area contributed by atoms with Gasteiger partial charge in [0.25, 0.3) is 5.91 Å². The Balaban J connectivity index is 2.68. The lowest BCUT2D eigenvalue weighted by Crippen LogP contribution is -2.42. The van der Waals surface area contributed by atoms with Gasteiger partial charge in [0.1, 0.15) is 5.75 Å². The molecule has 0 saturated heterocycles. The van der Waals surface area contributed by atoms with Crippen molar-refractivity contribution in [1.82, 2.24) is 4.90 Å². The highest BCUT2D eigenvalue weighted by molar-refractivity contribution is 6.42. The highest BCUT2D eigenvalue weighted by Gasteiger charge is 2.20. The number of rotatable bonds is 5. The molecule has 0 fully saturated rings. The summed E-state index contributed by atoms with van der Waals surface area (Å²) in [6.45, 7) is 1.41. The predicted octanol–water partition coefficient (Wildman–Crippen LogP) is 1.70. The number of halogens is 2. The number of ether oxygens (including phenoxy) is 1. The lowest BCUT2D eigenvalue weighted by atomic mass is 10.3. The van der Waals surface area contributed by atoms with E-state index >= 15 is 0 Å². The van der Waals surface area contributed by atoms with Crippen molar-refractivity contribution in [2.75, 3.05) is 13.6 Å². The van der Waals surface area contributed by atoms with Crippen LogP contribution in [-0.2, 0) is 9.59 Å². The second-order valence-electron chi connectivity index (χ2n) is 4.00. The molecule has 0 aliphatic carbocycles. The first-order valence-corrected chi connectivity index (χ1v) is 6.22. The molecule has 1 atom stereocenters. The van der Waals surface area contributed by atoms with Crippen LogP contribution in [0.15, 0.2) is 18.2 Å². The number of benzene rings is 1. The Kier molecular flexibility index (Phi) is 5.44. The zero-order chi connectivity index (χ0) is 14.6. The number of likely N-dealkylation sites (N-methyl/N-ethyl adjacent to an activating group) is 1. The lowest BCUT2D eigenvalue weighted by Gasteiger charge is -2.21. The Hall–Kier alpha value is -1.46. The average molecular weight is 305 g/mol. The quantitative estimate of drug-likeness (QED) is 0.900. The molecule has 1 aromatic rings. The molecule has 19 heavy (non-hydrogen) atoms. The summed E-state index contributed by atoms with van der Waals surface area (Å²) in [5.41, 5.74) is 5.01. The summed E-state index contributed by atoms with van der Waals surface area (Å²) in [7, 11) is 1.47. The number of carbonyl (C=O) groups is 2. The van der Waals surface area contributed by atoms with Crippen LogP contribution < -0.4 is 10.5 Å². The molecule has 0 unspecified atom stereocenters. The Morgan fingerprint density at radius 2 is 2.00 bits per heavy atom. The smallest absolute Gasteiger partial charge is 0.263 e. The maximum absolute atomic E-state index is 11.9. The van der Waals surface area contributed by atoms with E-state index in [0.29, 0.717) is 15.8 Å². The van der Waals surface area contributed by atoms with Crippen molar-refractivity contribution < 1.29 is 14.3 Å². The molecule has 0 bridgehead atoms. The van der Waals surface area contributed by atoms with Gasteiger partial charge in [-0.1, -0.05) is 23.2 Å². The second kappa shape index (κ2) is 6.63. The van der Waals surface area contributed by atoms with E-state index in [1.165, 1.54) is 18.0 Å². The van der Waals surface area contributed by atoms with Gasteiger partial charge in [0.15, 0.2) is 6.10 Å². The van der Waals surface area contributed by atoms with Crippen molar-refractivity contribution in [2.24, 2.45) is 5.73 Å². The van der Waals surface area contributed by atoms with Gasteiger partial charge in [-0.25, -0.2) is 0 Å². The molecular weight excluding hydrogens is 291 g/mol. The fourth-order valence-electron chi connectivity index (χ4n) is 1.43. The number of nitrogens with two attached hydrogens (primary N) is 1. The van der Waals surface area contributed by atoms with Crippen molar-refractivity contribution in [3.63, 3.8) is 0 Å². The van der Waals surface area contributed by atoms with E-state index in [4.69, 9.17) is 33.7 Å². The number of amides is 2. The Labute approximate surface area is 121 Å². The largest absolute Gasteiger partial charge is 0.481 e. The third-order valence-corrected chi connectivity index (χ3v) is 3.06. The predicted molar refractivity (Wildman–Crippen MR) is 73.4 cm³/mol. The summed E-state index contributed by atoms with van der Waals surface area (Å²) >= 11 is 11.6. The summed E-state index contributed by atoms with van der Waals surface area (Å²) in [5.74, 6) is -0.523. The Morgan fingerprint density at radius 3 is 2.53 bits per heavy atom. The first-order valence-electron chi connectivity index (χ1n) is 5.46. The molecule has 0 aliphatic heterocycles. The third-order valence-electron chi connectivity index (χ3n) is 2.32. The summed E-state index contributed by atoms with van der Waals surface area (Å²) in [5, 5.41) is 0.739. The van der Waals surface area contributed by atoms with Crippen molar-refractivity contribution >= 4 is 35.0 Å². The monoisotopic (exact) mass is 304 g/mol. The lowest BCUT2D eigenvalue weighted by molar-refractivity contribution is -0.139. The van der Waals surface area contributed by atoms with Crippen LogP contribution in [0.2, 0.25) is 10.0 Å². The first kappa shape index (κ1) is 15.6. The normalized spacial score (nSPS) is 11.8. The van der Waals surface area contributed by atoms with Gasteiger partial charge >= 0.3 is 0 Å². The molecule has 5 nitrogen and oxygen atoms in total. The number of nitrogens with zero attached hydrogens (tertiary/aromatic N) is 1. The van der Waals surface area contributed by atoms with Crippen LogP contribution in [0.4, 0.5) is 0 Å². The van der Waals surface area contributed by atoms with Gasteiger partial charge in [0.2, 0.25) is 5.91 Å². The van der Waals surface area contributed by atoms with Crippen molar-refractivity contribution in [3.05, 3.63) is 28.2 Å². The molecule has 0 aliphatic rings. The van der Waals surface area contributed by atoms with Gasteiger partial charge in [-0.2, -0.15) is 0 Å². The fraction of sp³-hybridized carbons (Fsp3) is 0.333. The second-order valence-corrected chi connectivity index (χ2v) is 4.81. The van der Waals surface area contributed by atoms with Crippen LogP contribution in [0.1, 0.15) is 6.92 Å². The summed E-state index contributed by atoms with van der Waals surface area (Å²) in [6.07, 6.45) is -0.762. The molecule has 0 radical (unpaired) electrons. The number of primary amides is 1.